The molecule has 0 saturated heterocycles. The van der Waals surface area contributed by atoms with E-state index in [1.54, 1.807) is 0 Å². The average Bonchev–Trinajstić information content (AvgIpc) is 2.73. The highest BCUT2D eigenvalue weighted by molar-refractivity contribution is 5.68. The van der Waals surface area contributed by atoms with Crippen LogP contribution < -0.4 is 11.1 Å². The van der Waals surface area contributed by atoms with E-state index in [0.717, 1.165) is 22.3 Å². The van der Waals surface area contributed by atoms with Gasteiger partial charge in [-0.05, 0) is 17.7 Å². The maximum Gasteiger partial charge on any atom is 0.407 e. The quantitative estimate of drug-likeness (QED) is 0.504. The van der Waals surface area contributed by atoms with E-state index in [1.165, 1.54) is 0 Å². The molecule has 1 atom stereocenters. The van der Waals surface area contributed by atoms with Gasteiger partial charge in [0.15, 0.2) is 0 Å². The molecule has 3 N–H and O–H groups in total. The third kappa shape index (κ3) is 6.33. The summed E-state index contributed by atoms with van der Waals surface area (Å²) in [6, 6.07) is 15.7. The first kappa shape index (κ1) is 20.9. The lowest BCUT2D eigenvalue weighted by molar-refractivity contribution is 0.0497. The number of hydrogen-bond acceptors (Lipinski definition) is 5. The zero-order valence-corrected chi connectivity index (χ0v) is 16.4. The molecule has 0 spiro atoms. The van der Waals surface area contributed by atoms with Crippen LogP contribution in [0.25, 0.3) is 0 Å². The van der Waals surface area contributed by atoms with E-state index in [0.29, 0.717) is 45.9 Å². The molecule has 0 aromatic heterocycles. The number of amides is 1. The highest BCUT2D eigenvalue weighted by Gasteiger charge is 2.22. The molecular weight excluding hydrogens is 368 g/mol. The Kier molecular flexibility index (Phi) is 8.08. The molecule has 1 unspecified atom stereocenters. The second-order valence-corrected chi connectivity index (χ2v) is 6.53. The van der Waals surface area contributed by atoms with Crippen molar-refractivity contribution in [3.8, 4) is 11.8 Å². The van der Waals surface area contributed by atoms with Crippen molar-refractivity contribution in [2.75, 3.05) is 39.5 Å². The molecule has 2 aromatic carbocycles. The van der Waals surface area contributed by atoms with Gasteiger partial charge in [-0.25, -0.2) is 4.79 Å². The summed E-state index contributed by atoms with van der Waals surface area (Å²) in [6.07, 6.45) is -0.309. The van der Waals surface area contributed by atoms with Gasteiger partial charge in [-0.3, -0.25) is 0 Å². The normalized spacial score (nSPS) is 14.4. The first-order valence-corrected chi connectivity index (χ1v) is 9.77. The first-order valence-electron chi connectivity index (χ1n) is 9.77. The molecule has 152 valence electrons. The highest BCUT2D eigenvalue weighted by atomic mass is 16.6. The van der Waals surface area contributed by atoms with E-state index in [9.17, 15) is 4.79 Å². The summed E-state index contributed by atoms with van der Waals surface area (Å²) < 4.78 is 16.4. The van der Waals surface area contributed by atoms with E-state index < -0.39 is 12.2 Å². The van der Waals surface area contributed by atoms with Crippen LogP contribution in [0.2, 0.25) is 0 Å². The fourth-order valence-electron chi connectivity index (χ4n) is 3.06. The van der Waals surface area contributed by atoms with Gasteiger partial charge in [0.1, 0.15) is 6.10 Å². The van der Waals surface area contributed by atoms with Gasteiger partial charge in [0.05, 0.1) is 26.4 Å². The van der Waals surface area contributed by atoms with Gasteiger partial charge >= 0.3 is 6.09 Å². The van der Waals surface area contributed by atoms with Crippen LogP contribution in [0, 0.1) is 11.8 Å². The number of rotatable bonds is 9. The lowest BCUT2D eigenvalue weighted by atomic mass is 9.92. The zero-order chi connectivity index (χ0) is 20.3. The SMILES string of the molecule is NCCOCCOCCNC(=O)OC1Cc2ccccc2C#Cc2ccccc21. The Morgan fingerprint density at radius 1 is 0.966 bits per heavy atom. The van der Waals surface area contributed by atoms with E-state index in [1.807, 2.05) is 48.5 Å². The number of carbonyl (C=O) groups is 1. The second-order valence-electron chi connectivity index (χ2n) is 6.53. The van der Waals surface area contributed by atoms with Gasteiger partial charge in [-0.2, -0.15) is 0 Å². The molecule has 0 fully saturated rings. The Bertz CT molecular complexity index is 872. The monoisotopic (exact) mass is 394 g/mol. The Labute approximate surface area is 171 Å². The molecule has 1 aliphatic carbocycles. The molecule has 0 aliphatic heterocycles. The molecule has 0 radical (unpaired) electrons. The number of benzene rings is 2. The first-order chi connectivity index (χ1) is 14.3. The van der Waals surface area contributed by atoms with Crippen molar-refractivity contribution in [1.29, 1.82) is 0 Å². The molecule has 0 bridgehead atoms. The van der Waals surface area contributed by atoms with Gasteiger partial charge in [0.2, 0.25) is 0 Å². The van der Waals surface area contributed by atoms with Crippen LogP contribution in [0.5, 0.6) is 0 Å². The van der Waals surface area contributed by atoms with Crippen LogP contribution in [0.3, 0.4) is 0 Å². The third-order valence-electron chi connectivity index (χ3n) is 4.46. The van der Waals surface area contributed by atoms with Crippen LogP contribution >= 0.6 is 0 Å². The van der Waals surface area contributed by atoms with Crippen LogP contribution in [0.1, 0.15) is 28.4 Å². The van der Waals surface area contributed by atoms with Gasteiger partial charge in [-0.15, -0.1) is 0 Å². The van der Waals surface area contributed by atoms with Gasteiger partial charge in [0, 0.05) is 36.2 Å². The number of carbonyl (C=O) groups excluding carboxylic acids is 1. The number of hydrogen-bond donors (Lipinski definition) is 2. The predicted molar refractivity (Wildman–Crippen MR) is 110 cm³/mol. The minimum Gasteiger partial charge on any atom is -0.441 e. The van der Waals surface area contributed by atoms with E-state index in [-0.39, 0.29) is 0 Å². The number of ether oxygens (including phenoxy) is 3. The zero-order valence-electron chi connectivity index (χ0n) is 16.4. The van der Waals surface area contributed by atoms with Gasteiger partial charge < -0.3 is 25.3 Å². The Morgan fingerprint density at radius 2 is 1.66 bits per heavy atom. The van der Waals surface area contributed by atoms with Crippen molar-refractivity contribution in [2.45, 2.75) is 12.5 Å². The minimum absolute atomic E-state index is 0.362. The summed E-state index contributed by atoms with van der Waals surface area (Å²) in [6.45, 7) is 2.71. The minimum atomic E-state index is -0.473. The summed E-state index contributed by atoms with van der Waals surface area (Å²) in [5, 5.41) is 2.74. The maximum atomic E-state index is 12.3. The Hall–Kier alpha value is -2.85. The number of nitrogens with two attached hydrogens (primary N) is 1. The van der Waals surface area contributed by atoms with Crippen molar-refractivity contribution < 1.29 is 19.0 Å². The molecule has 29 heavy (non-hydrogen) atoms. The molecule has 2 aromatic rings. The Morgan fingerprint density at radius 3 is 2.48 bits per heavy atom. The summed E-state index contributed by atoms with van der Waals surface area (Å²) >= 11 is 0. The van der Waals surface area contributed by atoms with Crippen LogP contribution in [0.15, 0.2) is 48.5 Å². The van der Waals surface area contributed by atoms with E-state index in [4.69, 9.17) is 19.9 Å². The van der Waals surface area contributed by atoms with Crippen molar-refractivity contribution in [2.24, 2.45) is 5.73 Å². The predicted octanol–water partition coefficient (Wildman–Crippen LogP) is 2.40. The summed E-state index contributed by atoms with van der Waals surface area (Å²) in [4.78, 5) is 12.3. The smallest absolute Gasteiger partial charge is 0.407 e. The third-order valence-corrected chi connectivity index (χ3v) is 4.46. The summed E-state index contributed by atoms with van der Waals surface area (Å²) in [5.41, 5.74) is 9.15. The van der Waals surface area contributed by atoms with Gasteiger partial charge in [-0.1, -0.05) is 48.2 Å². The van der Waals surface area contributed by atoms with Crippen molar-refractivity contribution >= 4 is 6.09 Å². The van der Waals surface area contributed by atoms with E-state index >= 15 is 0 Å². The highest BCUT2D eigenvalue weighted by Crippen LogP contribution is 2.28. The molecule has 6 heteroatoms. The molecule has 0 saturated carbocycles. The molecule has 1 amide bonds. The molecule has 6 nitrogen and oxygen atoms in total. The molecule has 1 aliphatic rings. The van der Waals surface area contributed by atoms with Crippen molar-refractivity contribution in [3.05, 3.63) is 70.8 Å². The van der Waals surface area contributed by atoms with E-state index in [2.05, 4.69) is 17.2 Å². The van der Waals surface area contributed by atoms with Crippen molar-refractivity contribution in [1.82, 2.24) is 5.32 Å². The molecule has 3 rings (SSSR count). The topological polar surface area (TPSA) is 82.8 Å². The van der Waals surface area contributed by atoms with Crippen LogP contribution in [-0.2, 0) is 20.6 Å². The maximum absolute atomic E-state index is 12.3. The standard InChI is InChI=1S/C23H26N2O4/c24-11-13-27-15-16-28-14-12-25-23(26)29-22-17-20-7-2-1-5-18(20)9-10-19-6-3-4-8-21(19)22/h1-8,22H,11-17,24H2,(H,25,26). The van der Waals surface area contributed by atoms with Crippen LogP contribution in [0.4, 0.5) is 4.79 Å². The van der Waals surface area contributed by atoms with Gasteiger partial charge in [0.25, 0.3) is 0 Å². The number of alkyl carbamates (subject to hydrolysis) is 1. The van der Waals surface area contributed by atoms with Crippen LogP contribution in [-0.4, -0.2) is 45.6 Å². The summed E-state index contributed by atoms with van der Waals surface area (Å²) in [5.74, 6) is 6.43. The second kappa shape index (κ2) is 11.2. The summed E-state index contributed by atoms with van der Waals surface area (Å²) in [7, 11) is 0. The molecule has 0 heterocycles. The Balaban J connectivity index is 1.56. The fraction of sp³-hybridized carbons (Fsp3) is 0.348. The average molecular weight is 394 g/mol. The lowest BCUT2D eigenvalue weighted by Gasteiger charge is -2.22. The lowest BCUT2D eigenvalue weighted by Crippen LogP contribution is -2.30. The molecular formula is C23H26N2O4. The van der Waals surface area contributed by atoms with Crippen molar-refractivity contribution in [3.63, 3.8) is 0 Å². The fourth-order valence-corrected chi connectivity index (χ4v) is 3.06. The largest absolute Gasteiger partial charge is 0.441 e. The number of fused-ring (bicyclic) bond motifs is 2. The number of nitrogens with one attached hydrogen (secondary N) is 1.